The SMILES string of the molecule is NCCCS(=O)Cc1cc(Br)ccc1F. The van der Waals surface area contributed by atoms with Crippen molar-refractivity contribution in [2.45, 2.75) is 12.2 Å². The molecular weight excluding hydrogens is 281 g/mol. The Balaban J connectivity index is 2.63. The molecule has 1 unspecified atom stereocenters. The Bertz CT molecular complexity index is 359. The predicted molar refractivity (Wildman–Crippen MR) is 64.5 cm³/mol. The Morgan fingerprint density at radius 2 is 2.20 bits per heavy atom. The number of nitrogens with two attached hydrogens (primary N) is 1. The van der Waals surface area contributed by atoms with Crippen LogP contribution in [0.5, 0.6) is 0 Å². The van der Waals surface area contributed by atoms with E-state index in [1.54, 1.807) is 12.1 Å². The highest BCUT2D eigenvalue weighted by atomic mass is 79.9. The van der Waals surface area contributed by atoms with E-state index in [4.69, 9.17) is 5.73 Å². The maximum atomic E-state index is 13.3. The largest absolute Gasteiger partial charge is 0.330 e. The second-order valence-corrected chi connectivity index (χ2v) is 5.66. The summed E-state index contributed by atoms with van der Waals surface area (Å²) in [6, 6.07) is 4.66. The Morgan fingerprint density at radius 3 is 2.87 bits per heavy atom. The van der Waals surface area contributed by atoms with Crippen molar-refractivity contribution >= 4 is 26.7 Å². The monoisotopic (exact) mass is 293 g/mol. The van der Waals surface area contributed by atoms with Crippen LogP contribution >= 0.6 is 15.9 Å². The highest BCUT2D eigenvalue weighted by molar-refractivity contribution is 9.10. The first-order valence-corrected chi connectivity index (χ1v) is 6.90. The van der Waals surface area contributed by atoms with Crippen LogP contribution in [0, 0.1) is 5.82 Å². The van der Waals surface area contributed by atoms with Crippen molar-refractivity contribution in [2.24, 2.45) is 5.73 Å². The number of benzene rings is 1. The van der Waals surface area contributed by atoms with Crippen molar-refractivity contribution in [3.05, 3.63) is 34.1 Å². The van der Waals surface area contributed by atoms with E-state index in [2.05, 4.69) is 15.9 Å². The van der Waals surface area contributed by atoms with Crippen LogP contribution < -0.4 is 5.73 Å². The molecule has 1 aromatic rings. The summed E-state index contributed by atoms with van der Waals surface area (Å²) in [6.45, 7) is 0.521. The van der Waals surface area contributed by atoms with Crippen molar-refractivity contribution in [1.29, 1.82) is 0 Å². The van der Waals surface area contributed by atoms with Gasteiger partial charge in [-0.1, -0.05) is 15.9 Å². The normalized spacial score (nSPS) is 12.7. The van der Waals surface area contributed by atoms with Crippen LogP contribution in [0.4, 0.5) is 4.39 Å². The maximum absolute atomic E-state index is 13.3. The molecule has 2 N–H and O–H groups in total. The van der Waals surface area contributed by atoms with Crippen LogP contribution in [-0.2, 0) is 16.6 Å². The zero-order valence-electron chi connectivity index (χ0n) is 8.21. The fourth-order valence-corrected chi connectivity index (χ4v) is 2.75. The number of hydrogen-bond acceptors (Lipinski definition) is 2. The molecule has 0 saturated heterocycles. The highest BCUT2D eigenvalue weighted by Gasteiger charge is 2.07. The lowest BCUT2D eigenvalue weighted by atomic mass is 10.2. The second-order valence-electron chi connectivity index (χ2n) is 3.17. The van der Waals surface area contributed by atoms with Crippen LogP contribution in [0.2, 0.25) is 0 Å². The first-order valence-electron chi connectivity index (χ1n) is 4.62. The van der Waals surface area contributed by atoms with Gasteiger partial charge in [0.1, 0.15) is 5.82 Å². The van der Waals surface area contributed by atoms with Crippen LogP contribution in [0.3, 0.4) is 0 Å². The van der Waals surface area contributed by atoms with Crippen molar-refractivity contribution in [3.63, 3.8) is 0 Å². The summed E-state index contributed by atoms with van der Waals surface area (Å²) in [6.07, 6.45) is 0.711. The van der Waals surface area contributed by atoms with Crippen molar-refractivity contribution in [1.82, 2.24) is 0 Å². The van der Waals surface area contributed by atoms with Gasteiger partial charge in [0, 0.05) is 26.6 Å². The minimum Gasteiger partial charge on any atom is -0.330 e. The van der Waals surface area contributed by atoms with Gasteiger partial charge in [0.15, 0.2) is 0 Å². The van der Waals surface area contributed by atoms with E-state index in [1.807, 2.05) is 0 Å². The molecule has 1 rings (SSSR count). The van der Waals surface area contributed by atoms with E-state index in [-0.39, 0.29) is 11.6 Å². The summed E-state index contributed by atoms with van der Waals surface area (Å²) in [5, 5.41) is 0. The van der Waals surface area contributed by atoms with Crippen LogP contribution in [0.15, 0.2) is 22.7 Å². The third-order valence-corrected chi connectivity index (χ3v) is 3.77. The zero-order valence-corrected chi connectivity index (χ0v) is 10.6. The van der Waals surface area contributed by atoms with E-state index in [0.717, 1.165) is 4.47 Å². The molecule has 84 valence electrons. The van der Waals surface area contributed by atoms with Crippen molar-refractivity contribution in [3.8, 4) is 0 Å². The lowest BCUT2D eigenvalue weighted by Crippen LogP contribution is -2.08. The minimum atomic E-state index is -1.03. The smallest absolute Gasteiger partial charge is 0.127 e. The molecule has 2 nitrogen and oxygen atoms in total. The summed E-state index contributed by atoms with van der Waals surface area (Å²) >= 11 is 3.25. The van der Waals surface area contributed by atoms with Gasteiger partial charge in [0.2, 0.25) is 0 Å². The first-order chi connectivity index (χ1) is 7.13. The molecule has 0 bridgehead atoms. The zero-order chi connectivity index (χ0) is 11.3. The molecule has 0 aliphatic heterocycles. The van der Waals surface area contributed by atoms with E-state index in [0.29, 0.717) is 24.3 Å². The molecule has 0 spiro atoms. The van der Waals surface area contributed by atoms with Gasteiger partial charge in [-0.3, -0.25) is 4.21 Å². The van der Waals surface area contributed by atoms with E-state index in [1.165, 1.54) is 6.07 Å². The molecule has 0 saturated carbocycles. The van der Waals surface area contributed by atoms with Gasteiger partial charge in [0.05, 0.1) is 5.75 Å². The first kappa shape index (κ1) is 12.8. The van der Waals surface area contributed by atoms with E-state index < -0.39 is 10.8 Å². The highest BCUT2D eigenvalue weighted by Crippen LogP contribution is 2.17. The van der Waals surface area contributed by atoms with Gasteiger partial charge in [-0.05, 0) is 31.2 Å². The van der Waals surface area contributed by atoms with Gasteiger partial charge >= 0.3 is 0 Å². The average Bonchev–Trinajstić information content (AvgIpc) is 2.20. The average molecular weight is 294 g/mol. The molecule has 0 heterocycles. The fraction of sp³-hybridized carbons (Fsp3) is 0.400. The third kappa shape index (κ3) is 4.40. The van der Waals surface area contributed by atoms with Gasteiger partial charge in [-0.25, -0.2) is 4.39 Å². The molecule has 5 heteroatoms. The summed E-state index contributed by atoms with van der Waals surface area (Å²) < 4.78 is 25.6. The van der Waals surface area contributed by atoms with Gasteiger partial charge in [-0.15, -0.1) is 0 Å². The van der Waals surface area contributed by atoms with Crippen LogP contribution in [0.25, 0.3) is 0 Å². The molecular formula is C10H13BrFNOS. The molecule has 15 heavy (non-hydrogen) atoms. The number of halogens is 2. The Hall–Kier alpha value is -0.260. The van der Waals surface area contributed by atoms with Gasteiger partial charge in [0.25, 0.3) is 0 Å². The van der Waals surface area contributed by atoms with Gasteiger partial charge in [-0.2, -0.15) is 0 Å². The number of hydrogen-bond donors (Lipinski definition) is 1. The number of rotatable bonds is 5. The van der Waals surface area contributed by atoms with Gasteiger partial charge < -0.3 is 5.73 Å². The van der Waals surface area contributed by atoms with Crippen LogP contribution in [0.1, 0.15) is 12.0 Å². The molecule has 0 aliphatic carbocycles. The third-order valence-electron chi connectivity index (χ3n) is 1.90. The molecule has 0 radical (unpaired) electrons. The van der Waals surface area contributed by atoms with E-state index in [9.17, 15) is 8.60 Å². The van der Waals surface area contributed by atoms with E-state index >= 15 is 0 Å². The Kier molecular flexibility index (Phi) is 5.42. The Labute approximate surface area is 99.6 Å². The molecule has 1 aromatic carbocycles. The van der Waals surface area contributed by atoms with Crippen molar-refractivity contribution < 1.29 is 8.60 Å². The lowest BCUT2D eigenvalue weighted by molar-refractivity contribution is 0.614. The summed E-state index contributed by atoms with van der Waals surface area (Å²) in [5.74, 6) is 0.479. The maximum Gasteiger partial charge on any atom is 0.127 e. The summed E-state index contributed by atoms with van der Waals surface area (Å²) in [4.78, 5) is 0. The molecule has 0 amide bonds. The standard InChI is InChI=1S/C10H13BrFNOS/c11-9-2-3-10(12)8(6-9)7-15(14)5-1-4-13/h2-3,6H,1,4-5,7,13H2. The Morgan fingerprint density at radius 1 is 1.47 bits per heavy atom. The lowest BCUT2D eigenvalue weighted by Gasteiger charge is -2.04. The summed E-state index contributed by atoms with van der Waals surface area (Å²) in [7, 11) is -1.03. The molecule has 0 fully saturated rings. The molecule has 0 aromatic heterocycles. The molecule has 1 atom stereocenters. The predicted octanol–water partition coefficient (Wildman–Crippen LogP) is 2.19. The van der Waals surface area contributed by atoms with Crippen molar-refractivity contribution in [2.75, 3.05) is 12.3 Å². The fourth-order valence-electron chi connectivity index (χ4n) is 1.14. The topological polar surface area (TPSA) is 43.1 Å². The second kappa shape index (κ2) is 6.35. The van der Waals surface area contributed by atoms with Crippen LogP contribution in [-0.4, -0.2) is 16.5 Å². The quantitative estimate of drug-likeness (QED) is 0.904. The molecule has 0 aliphatic rings. The summed E-state index contributed by atoms with van der Waals surface area (Å²) in [5.41, 5.74) is 5.79. The minimum absolute atomic E-state index is 0.255.